The number of halogens is 1. The predicted molar refractivity (Wildman–Crippen MR) is 60.7 cm³/mol. The van der Waals surface area contributed by atoms with Crippen LogP contribution in [-0.4, -0.2) is 11.9 Å². The smallest absolute Gasteiger partial charge is 0.220 e. The summed E-state index contributed by atoms with van der Waals surface area (Å²) in [6.45, 7) is 4.00. The molecule has 3 heteroatoms. The minimum absolute atomic E-state index is 0.0699. The molecule has 1 saturated heterocycles. The van der Waals surface area contributed by atoms with E-state index in [1.807, 2.05) is 13.8 Å². The average Bonchev–Trinajstić information content (AvgIpc) is 2.63. The molecule has 2 atom stereocenters. The number of carbonyl (C=O) groups excluding carboxylic acids is 1. The molecule has 0 spiro atoms. The highest BCUT2D eigenvalue weighted by Crippen LogP contribution is 2.32. The molecule has 2 nitrogen and oxygen atoms in total. The van der Waals surface area contributed by atoms with Crippen molar-refractivity contribution in [3.05, 3.63) is 35.1 Å². The van der Waals surface area contributed by atoms with Gasteiger partial charge in [-0.2, -0.15) is 0 Å². The lowest BCUT2D eigenvalue weighted by Gasteiger charge is -2.19. The van der Waals surface area contributed by atoms with Gasteiger partial charge in [-0.1, -0.05) is 13.0 Å². The van der Waals surface area contributed by atoms with E-state index in [0.29, 0.717) is 6.42 Å². The zero-order chi connectivity index (χ0) is 11.7. The third-order valence-electron chi connectivity index (χ3n) is 3.32. The molecular formula is C13H16FNO. The molecule has 0 aromatic heterocycles. The van der Waals surface area contributed by atoms with Gasteiger partial charge in [0.15, 0.2) is 0 Å². The first-order valence-corrected chi connectivity index (χ1v) is 5.67. The predicted octanol–water partition coefficient (Wildman–Crippen LogP) is 2.52. The number of aryl methyl sites for hydroxylation is 1. The lowest BCUT2D eigenvalue weighted by atomic mass is 9.88. The van der Waals surface area contributed by atoms with Gasteiger partial charge in [-0.05, 0) is 36.6 Å². The second-order valence-corrected chi connectivity index (χ2v) is 4.39. The van der Waals surface area contributed by atoms with E-state index in [9.17, 15) is 9.18 Å². The molecule has 1 fully saturated rings. The largest absolute Gasteiger partial charge is 0.353 e. The first-order valence-electron chi connectivity index (χ1n) is 5.67. The fourth-order valence-electron chi connectivity index (χ4n) is 2.43. The van der Waals surface area contributed by atoms with Gasteiger partial charge in [0, 0.05) is 18.4 Å². The Morgan fingerprint density at radius 2 is 2.25 bits per heavy atom. The molecule has 1 aliphatic rings. The van der Waals surface area contributed by atoms with E-state index in [1.54, 1.807) is 12.1 Å². The molecule has 86 valence electrons. The van der Waals surface area contributed by atoms with E-state index >= 15 is 0 Å². The fraction of sp³-hybridized carbons (Fsp3) is 0.462. The monoisotopic (exact) mass is 221 g/mol. The molecule has 1 N–H and O–H groups in total. The molecular weight excluding hydrogens is 205 g/mol. The summed E-state index contributed by atoms with van der Waals surface area (Å²) >= 11 is 0. The zero-order valence-corrected chi connectivity index (χ0v) is 9.59. The quantitative estimate of drug-likeness (QED) is 0.816. The zero-order valence-electron chi connectivity index (χ0n) is 9.59. The third kappa shape index (κ3) is 1.94. The maximum absolute atomic E-state index is 13.2. The summed E-state index contributed by atoms with van der Waals surface area (Å²) < 4.78 is 13.2. The van der Waals surface area contributed by atoms with Crippen LogP contribution in [0.15, 0.2) is 18.2 Å². The van der Waals surface area contributed by atoms with Crippen LogP contribution in [0, 0.1) is 12.7 Å². The molecule has 2 rings (SSSR count). The van der Waals surface area contributed by atoms with Crippen LogP contribution in [0.5, 0.6) is 0 Å². The van der Waals surface area contributed by atoms with Crippen LogP contribution >= 0.6 is 0 Å². The van der Waals surface area contributed by atoms with Crippen LogP contribution < -0.4 is 5.32 Å². The molecule has 1 amide bonds. The molecule has 0 radical (unpaired) electrons. The second-order valence-electron chi connectivity index (χ2n) is 4.39. The van der Waals surface area contributed by atoms with Crippen LogP contribution in [0.25, 0.3) is 0 Å². The Balaban J connectivity index is 2.35. The molecule has 1 heterocycles. The maximum Gasteiger partial charge on any atom is 0.220 e. The van der Waals surface area contributed by atoms with Crippen LogP contribution in [0.3, 0.4) is 0 Å². The Hall–Kier alpha value is -1.38. The highest BCUT2D eigenvalue weighted by Gasteiger charge is 2.33. The molecule has 0 saturated carbocycles. The summed E-state index contributed by atoms with van der Waals surface area (Å²) in [6, 6.07) is 4.95. The van der Waals surface area contributed by atoms with Crippen molar-refractivity contribution in [1.82, 2.24) is 5.32 Å². The van der Waals surface area contributed by atoms with E-state index < -0.39 is 0 Å². The first kappa shape index (κ1) is 11.1. The minimum atomic E-state index is -0.227. The topological polar surface area (TPSA) is 29.1 Å². The van der Waals surface area contributed by atoms with Crippen molar-refractivity contribution in [1.29, 1.82) is 0 Å². The molecule has 2 unspecified atom stereocenters. The number of hydrogen-bond donors (Lipinski definition) is 1. The van der Waals surface area contributed by atoms with Gasteiger partial charge in [0.2, 0.25) is 5.91 Å². The fourth-order valence-corrected chi connectivity index (χ4v) is 2.43. The number of nitrogens with one attached hydrogen (secondary N) is 1. The van der Waals surface area contributed by atoms with E-state index in [2.05, 4.69) is 5.32 Å². The Bertz CT molecular complexity index is 416. The number of benzene rings is 1. The van der Waals surface area contributed by atoms with Crippen molar-refractivity contribution in [2.24, 2.45) is 0 Å². The number of amides is 1. The molecule has 1 aliphatic heterocycles. The van der Waals surface area contributed by atoms with Crippen molar-refractivity contribution in [2.75, 3.05) is 0 Å². The molecule has 1 aromatic carbocycles. The van der Waals surface area contributed by atoms with Crippen molar-refractivity contribution in [3.63, 3.8) is 0 Å². The van der Waals surface area contributed by atoms with Crippen molar-refractivity contribution in [2.45, 2.75) is 38.6 Å². The minimum Gasteiger partial charge on any atom is -0.353 e. The lowest BCUT2D eigenvalue weighted by molar-refractivity contribution is -0.119. The van der Waals surface area contributed by atoms with Gasteiger partial charge in [-0.15, -0.1) is 0 Å². The summed E-state index contributed by atoms with van der Waals surface area (Å²) in [4.78, 5) is 11.4. The van der Waals surface area contributed by atoms with Gasteiger partial charge in [0.05, 0.1) is 0 Å². The molecule has 1 aromatic rings. The Kier molecular flexibility index (Phi) is 2.95. The third-order valence-corrected chi connectivity index (χ3v) is 3.32. The van der Waals surface area contributed by atoms with Crippen molar-refractivity contribution >= 4 is 5.91 Å². The lowest BCUT2D eigenvalue weighted by Crippen LogP contribution is -2.27. The van der Waals surface area contributed by atoms with Gasteiger partial charge in [-0.3, -0.25) is 4.79 Å². The van der Waals surface area contributed by atoms with Crippen LogP contribution in [-0.2, 0) is 4.79 Å². The van der Waals surface area contributed by atoms with Gasteiger partial charge in [0.1, 0.15) is 5.82 Å². The number of hydrogen-bond acceptors (Lipinski definition) is 1. The van der Waals surface area contributed by atoms with Crippen molar-refractivity contribution in [3.8, 4) is 0 Å². The van der Waals surface area contributed by atoms with Gasteiger partial charge >= 0.3 is 0 Å². The highest BCUT2D eigenvalue weighted by molar-refractivity contribution is 5.80. The molecule has 0 aliphatic carbocycles. The van der Waals surface area contributed by atoms with Crippen LogP contribution in [0.1, 0.15) is 36.8 Å². The first-order chi connectivity index (χ1) is 7.61. The summed E-state index contributed by atoms with van der Waals surface area (Å²) in [6.07, 6.45) is 1.36. The Morgan fingerprint density at radius 3 is 2.94 bits per heavy atom. The van der Waals surface area contributed by atoms with E-state index in [4.69, 9.17) is 0 Å². The SMILES string of the molecule is CCC1NC(=O)CC1c1cc(F)ccc1C. The van der Waals surface area contributed by atoms with Crippen LogP contribution in [0.4, 0.5) is 4.39 Å². The van der Waals surface area contributed by atoms with E-state index in [-0.39, 0.29) is 23.7 Å². The maximum atomic E-state index is 13.2. The number of rotatable bonds is 2. The average molecular weight is 221 g/mol. The summed E-state index contributed by atoms with van der Waals surface area (Å²) in [5, 5.41) is 2.94. The van der Waals surface area contributed by atoms with Gasteiger partial charge in [0.25, 0.3) is 0 Å². The van der Waals surface area contributed by atoms with E-state index in [1.165, 1.54) is 6.07 Å². The van der Waals surface area contributed by atoms with Gasteiger partial charge in [-0.25, -0.2) is 4.39 Å². The van der Waals surface area contributed by atoms with E-state index in [0.717, 1.165) is 17.5 Å². The second kappa shape index (κ2) is 4.24. The van der Waals surface area contributed by atoms with Gasteiger partial charge < -0.3 is 5.32 Å². The Morgan fingerprint density at radius 1 is 1.50 bits per heavy atom. The molecule has 16 heavy (non-hydrogen) atoms. The summed E-state index contributed by atoms with van der Waals surface area (Å²) in [5.74, 6) is -0.0384. The summed E-state index contributed by atoms with van der Waals surface area (Å²) in [7, 11) is 0. The normalized spacial score (nSPS) is 24.6. The number of carbonyl (C=O) groups is 1. The Labute approximate surface area is 94.9 Å². The highest BCUT2D eigenvalue weighted by atomic mass is 19.1. The van der Waals surface area contributed by atoms with Crippen molar-refractivity contribution < 1.29 is 9.18 Å². The molecule has 0 bridgehead atoms. The van der Waals surface area contributed by atoms with Crippen LogP contribution in [0.2, 0.25) is 0 Å². The summed E-state index contributed by atoms with van der Waals surface area (Å²) in [5.41, 5.74) is 2.02. The standard InChI is InChI=1S/C13H16FNO/c1-3-12-11(7-13(16)15-12)10-6-9(14)5-4-8(10)2/h4-6,11-12H,3,7H2,1-2H3,(H,15,16).